The molecule has 3 aliphatic heterocycles. The second-order valence-corrected chi connectivity index (χ2v) is 7.72. The van der Waals surface area contributed by atoms with E-state index < -0.39 is 0 Å². The number of rotatable bonds is 1. The number of nitrogens with one attached hydrogen (secondary N) is 2. The molecule has 3 heterocycles. The number of nitrogens with zero attached hydrogens (tertiary/aromatic N) is 1. The lowest BCUT2D eigenvalue weighted by molar-refractivity contribution is 0.404. The Balaban J connectivity index is 1.68. The van der Waals surface area contributed by atoms with Gasteiger partial charge in [0.1, 0.15) is 0 Å². The minimum atomic E-state index is 0.568. The molecule has 5 rings (SSSR count). The highest BCUT2D eigenvalue weighted by atomic mass is 35.5. The molecular formula is C19H19Cl2N3. The van der Waals surface area contributed by atoms with Crippen molar-refractivity contribution in [2.45, 2.75) is 18.4 Å². The van der Waals surface area contributed by atoms with Crippen LogP contribution in [0.15, 0.2) is 30.3 Å². The maximum atomic E-state index is 6.46. The van der Waals surface area contributed by atoms with E-state index in [2.05, 4.69) is 27.7 Å². The average Bonchev–Trinajstić information content (AvgIpc) is 2.91. The third-order valence-electron chi connectivity index (χ3n) is 5.58. The monoisotopic (exact) mass is 359 g/mol. The van der Waals surface area contributed by atoms with Gasteiger partial charge in [-0.3, -0.25) is 0 Å². The standard InChI is InChI=1S/C19H19Cl2N3/c20-12-1-2-13(16(21)9-12)11-7-14-15-10-22-4-3-18(15)24-6-5-23-17(8-11)19(14)24/h1-2,7-9,15,18,22-23H,3-6,10H2/t15-,18-/m0/s1. The van der Waals surface area contributed by atoms with Gasteiger partial charge in [-0.2, -0.15) is 0 Å². The van der Waals surface area contributed by atoms with Crippen molar-refractivity contribution in [1.29, 1.82) is 0 Å². The molecule has 2 aromatic rings. The molecule has 2 N–H and O–H groups in total. The predicted molar refractivity (Wildman–Crippen MR) is 102 cm³/mol. The zero-order valence-electron chi connectivity index (χ0n) is 13.3. The minimum Gasteiger partial charge on any atom is -0.382 e. The highest BCUT2D eigenvalue weighted by molar-refractivity contribution is 6.36. The fourth-order valence-electron chi connectivity index (χ4n) is 4.56. The Morgan fingerprint density at radius 1 is 1.08 bits per heavy atom. The SMILES string of the molecule is Clc1ccc(-c2cc3c4c(c2)[C@@H]2CNCC[C@@H]2N4CCN3)c(Cl)c1. The lowest BCUT2D eigenvalue weighted by atomic mass is 9.88. The molecule has 5 heteroatoms. The largest absolute Gasteiger partial charge is 0.382 e. The van der Waals surface area contributed by atoms with Gasteiger partial charge in [-0.05, 0) is 48.4 Å². The molecule has 0 aromatic heterocycles. The Kier molecular flexibility index (Phi) is 3.44. The highest BCUT2D eigenvalue weighted by Crippen LogP contribution is 2.50. The molecular weight excluding hydrogens is 341 g/mol. The van der Waals surface area contributed by atoms with Crippen LogP contribution in [0.25, 0.3) is 11.1 Å². The van der Waals surface area contributed by atoms with Crippen LogP contribution >= 0.6 is 23.2 Å². The van der Waals surface area contributed by atoms with Crippen LogP contribution in [0.4, 0.5) is 11.4 Å². The molecule has 24 heavy (non-hydrogen) atoms. The van der Waals surface area contributed by atoms with Crippen molar-refractivity contribution < 1.29 is 0 Å². The summed E-state index contributed by atoms with van der Waals surface area (Å²) in [4.78, 5) is 2.62. The molecule has 0 radical (unpaired) electrons. The summed E-state index contributed by atoms with van der Waals surface area (Å²) in [5, 5.41) is 8.54. The molecule has 0 spiro atoms. The van der Waals surface area contributed by atoms with Crippen molar-refractivity contribution in [3.8, 4) is 11.1 Å². The normalized spacial score (nSPS) is 24.3. The van der Waals surface area contributed by atoms with Gasteiger partial charge in [0.05, 0.1) is 11.4 Å². The second kappa shape index (κ2) is 5.55. The highest BCUT2D eigenvalue weighted by Gasteiger charge is 2.42. The Bertz CT molecular complexity index is 820. The first kappa shape index (κ1) is 14.9. The van der Waals surface area contributed by atoms with Crippen LogP contribution in [0.3, 0.4) is 0 Å². The Hall–Kier alpha value is -1.42. The molecule has 124 valence electrons. The fourth-order valence-corrected chi connectivity index (χ4v) is 5.08. The molecule has 0 bridgehead atoms. The van der Waals surface area contributed by atoms with Crippen molar-refractivity contribution in [3.05, 3.63) is 45.9 Å². The van der Waals surface area contributed by atoms with Gasteiger partial charge in [-0.25, -0.2) is 0 Å². The maximum absolute atomic E-state index is 6.46. The van der Waals surface area contributed by atoms with Gasteiger partial charge >= 0.3 is 0 Å². The van der Waals surface area contributed by atoms with Gasteiger partial charge in [0, 0.05) is 47.2 Å². The number of halogens is 2. The van der Waals surface area contributed by atoms with Crippen molar-refractivity contribution >= 4 is 34.6 Å². The van der Waals surface area contributed by atoms with Gasteiger partial charge in [0.15, 0.2) is 0 Å². The summed E-state index contributed by atoms with van der Waals surface area (Å²) in [7, 11) is 0. The summed E-state index contributed by atoms with van der Waals surface area (Å²) < 4.78 is 0. The van der Waals surface area contributed by atoms with E-state index in [0.29, 0.717) is 22.0 Å². The van der Waals surface area contributed by atoms with Crippen LogP contribution in [0.1, 0.15) is 17.9 Å². The lowest BCUT2D eigenvalue weighted by Gasteiger charge is -2.36. The number of benzene rings is 2. The smallest absolute Gasteiger partial charge is 0.0642 e. The molecule has 3 aliphatic rings. The number of hydrogen-bond donors (Lipinski definition) is 2. The lowest BCUT2D eigenvalue weighted by Crippen LogP contribution is -2.46. The minimum absolute atomic E-state index is 0.568. The summed E-state index contributed by atoms with van der Waals surface area (Å²) >= 11 is 12.5. The van der Waals surface area contributed by atoms with E-state index >= 15 is 0 Å². The van der Waals surface area contributed by atoms with Crippen LogP contribution in [-0.4, -0.2) is 32.2 Å². The van der Waals surface area contributed by atoms with E-state index in [1.165, 1.54) is 28.9 Å². The summed E-state index contributed by atoms with van der Waals surface area (Å²) in [5.74, 6) is 0.568. The average molecular weight is 360 g/mol. The molecule has 0 saturated carbocycles. The van der Waals surface area contributed by atoms with E-state index in [9.17, 15) is 0 Å². The van der Waals surface area contributed by atoms with E-state index in [1.807, 2.05) is 18.2 Å². The molecule has 2 aromatic carbocycles. The molecule has 0 aliphatic carbocycles. The quantitative estimate of drug-likeness (QED) is 0.792. The van der Waals surface area contributed by atoms with Gasteiger partial charge < -0.3 is 15.5 Å². The first-order valence-corrected chi connectivity index (χ1v) is 9.32. The number of anilines is 2. The number of fused-ring (bicyclic) bond motifs is 3. The molecule has 0 amide bonds. The predicted octanol–water partition coefficient (Wildman–Crippen LogP) is 4.35. The van der Waals surface area contributed by atoms with Crippen molar-refractivity contribution in [3.63, 3.8) is 0 Å². The van der Waals surface area contributed by atoms with Crippen LogP contribution in [0, 0.1) is 0 Å². The zero-order chi connectivity index (χ0) is 16.3. The number of piperidine rings is 1. The molecule has 1 saturated heterocycles. The van der Waals surface area contributed by atoms with Crippen LogP contribution in [0.5, 0.6) is 0 Å². The van der Waals surface area contributed by atoms with Crippen molar-refractivity contribution in [2.24, 2.45) is 0 Å². The molecule has 0 unspecified atom stereocenters. The fraction of sp³-hybridized carbons (Fsp3) is 0.368. The van der Waals surface area contributed by atoms with E-state index in [0.717, 1.165) is 31.7 Å². The van der Waals surface area contributed by atoms with Crippen LogP contribution in [0.2, 0.25) is 10.0 Å². The molecule has 2 atom stereocenters. The van der Waals surface area contributed by atoms with E-state index in [4.69, 9.17) is 23.2 Å². The first-order valence-electron chi connectivity index (χ1n) is 8.57. The molecule has 3 nitrogen and oxygen atoms in total. The summed E-state index contributed by atoms with van der Waals surface area (Å²) in [6.45, 7) is 4.28. The first-order chi connectivity index (χ1) is 11.7. The van der Waals surface area contributed by atoms with Crippen molar-refractivity contribution in [2.75, 3.05) is 36.4 Å². The zero-order valence-corrected chi connectivity index (χ0v) is 14.8. The topological polar surface area (TPSA) is 27.3 Å². The van der Waals surface area contributed by atoms with Gasteiger partial charge in [-0.1, -0.05) is 29.3 Å². The molecule has 1 fully saturated rings. The second-order valence-electron chi connectivity index (χ2n) is 6.87. The van der Waals surface area contributed by atoms with Crippen molar-refractivity contribution in [1.82, 2.24) is 5.32 Å². The summed E-state index contributed by atoms with van der Waals surface area (Å²) in [5.41, 5.74) is 6.33. The maximum Gasteiger partial charge on any atom is 0.0642 e. The third kappa shape index (κ3) is 2.15. The Morgan fingerprint density at radius 2 is 2.00 bits per heavy atom. The Morgan fingerprint density at radius 3 is 2.88 bits per heavy atom. The van der Waals surface area contributed by atoms with Gasteiger partial charge in [-0.15, -0.1) is 0 Å². The van der Waals surface area contributed by atoms with Crippen LogP contribution in [-0.2, 0) is 0 Å². The Labute approximate surface area is 151 Å². The summed E-state index contributed by atoms with van der Waals surface area (Å²) in [6, 6.07) is 11.0. The van der Waals surface area contributed by atoms with E-state index in [1.54, 1.807) is 0 Å². The summed E-state index contributed by atoms with van der Waals surface area (Å²) in [6.07, 6.45) is 1.22. The van der Waals surface area contributed by atoms with E-state index in [-0.39, 0.29) is 0 Å². The van der Waals surface area contributed by atoms with Crippen LogP contribution < -0.4 is 15.5 Å². The van der Waals surface area contributed by atoms with Gasteiger partial charge in [0.25, 0.3) is 0 Å². The number of hydrogen-bond acceptors (Lipinski definition) is 3. The third-order valence-corrected chi connectivity index (χ3v) is 6.13. The van der Waals surface area contributed by atoms with Gasteiger partial charge in [0.2, 0.25) is 0 Å².